The van der Waals surface area contributed by atoms with E-state index in [-0.39, 0.29) is 24.4 Å². The maximum absolute atomic E-state index is 11.4. The number of carbonyl (C=O) groups excluding carboxylic acids is 3. The SMILES string of the molecule is C=CC(C)(CCC=C(C)C)OC(=O)CC(C)=O.CCCCCCC(=O)CC(=O)O. The summed E-state index contributed by atoms with van der Waals surface area (Å²) in [5.74, 6) is -1.85. The van der Waals surface area contributed by atoms with Crippen molar-refractivity contribution in [3.63, 3.8) is 0 Å². The number of carbonyl (C=O) groups is 4. The van der Waals surface area contributed by atoms with E-state index in [9.17, 15) is 19.2 Å². The van der Waals surface area contributed by atoms with Gasteiger partial charge in [-0.3, -0.25) is 19.2 Å². The number of hydrogen-bond acceptors (Lipinski definition) is 5. The first kappa shape index (κ1) is 29.0. The molecule has 0 aliphatic carbocycles. The minimum absolute atomic E-state index is 0.154. The average Bonchev–Trinajstić information content (AvgIpc) is 2.57. The number of ketones is 2. The Labute approximate surface area is 175 Å². The molecule has 1 N–H and O–H groups in total. The van der Waals surface area contributed by atoms with Gasteiger partial charge in [-0.05, 0) is 53.0 Å². The second-order valence-electron chi connectivity index (χ2n) is 7.61. The number of hydrogen-bond donors (Lipinski definition) is 1. The van der Waals surface area contributed by atoms with Crippen LogP contribution in [0.5, 0.6) is 0 Å². The number of aliphatic carboxylic acids is 1. The fraction of sp³-hybridized carbons (Fsp3) is 0.652. The summed E-state index contributed by atoms with van der Waals surface area (Å²) >= 11 is 0. The van der Waals surface area contributed by atoms with Crippen LogP contribution in [0.15, 0.2) is 24.3 Å². The van der Waals surface area contributed by atoms with Crippen LogP contribution in [0.25, 0.3) is 0 Å². The number of unbranched alkanes of at least 4 members (excludes halogenated alkanes) is 3. The number of ether oxygens (including phenoxy) is 1. The fourth-order valence-corrected chi connectivity index (χ4v) is 2.35. The van der Waals surface area contributed by atoms with Gasteiger partial charge < -0.3 is 9.84 Å². The van der Waals surface area contributed by atoms with Gasteiger partial charge in [0.25, 0.3) is 0 Å². The third-order valence-corrected chi connectivity index (χ3v) is 4.02. The molecule has 1 atom stereocenters. The molecule has 0 aliphatic heterocycles. The quantitative estimate of drug-likeness (QED) is 0.183. The van der Waals surface area contributed by atoms with Gasteiger partial charge >= 0.3 is 11.9 Å². The Morgan fingerprint density at radius 2 is 1.66 bits per heavy atom. The van der Waals surface area contributed by atoms with Crippen molar-refractivity contribution >= 4 is 23.5 Å². The highest BCUT2D eigenvalue weighted by Gasteiger charge is 2.24. The zero-order chi connectivity index (χ0) is 22.9. The Bertz CT molecular complexity index is 572. The third-order valence-electron chi connectivity index (χ3n) is 4.02. The Hall–Kier alpha value is -2.24. The van der Waals surface area contributed by atoms with Crippen molar-refractivity contribution in [3.8, 4) is 0 Å². The zero-order valence-electron chi connectivity index (χ0n) is 18.7. The number of Topliss-reactive ketones (excluding diaryl/α,β-unsaturated/α-hetero) is 2. The van der Waals surface area contributed by atoms with E-state index in [0.29, 0.717) is 12.8 Å². The number of carboxylic acids is 1. The Kier molecular flexibility index (Phi) is 16.7. The normalized spacial score (nSPS) is 11.9. The number of carboxylic acid groups (broad SMARTS) is 1. The zero-order valence-corrected chi connectivity index (χ0v) is 18.7. The summed E-state index contributed by atoms with van der Waals surface area (Å²) in [6, 6.07) is 0. The van der Waals surface area contributed by atoms with Gasteiger partial charge in [0.2, 0.25) is 0 Å². The van der Waals surface area contributed by atoms with Crippen molar-refractivity contribution in [2.24, 2.45) is 0 Å². The molecule has 166 valence electrons. The fourth-order valence-electron chi connectivity index (χ4n) is 2.35. The average molecular weight is 411 g/mol. The molecule has 0 aromatic rings. The van der Waals surface area contributed by atoms with Crippen molar-refractivity contribution in [2.75, 3.05) is 0 Å². The molecule has 6 nitrogen and oxygen atoms in total. The van der Waals surface area contributed by atoms with E-state index < -0.39 is 17.5 Å². The van der Waals surface area contributed by atoms with Gasteiger partial charge in [-0.25, -0.2) is 0 Å². The molecule has 0 bridgehead atoms. The smallest absolute Gasteiger partial charge is 0.314 e. The van der Waals surface area contributed by atoms with Crippen LogP contribution in [0, 0.1) is 0 Å². The predicted molar refractivity (Wildman–Crippen MR) is 115 cm³/mol. The lowest BCUT2D eigenvalue weighted by Crippen LogP contribution is -2.29. The van der Waals surface area contributed by atoms with E-state index >= 15 is 0 Å². The minimum atomic E-state index is -1.02. The molecule has 1 unspecified atom stereocenters. The number of allylic oxidation sites excluding steroid dienone is 2. The highest BCUT2D eigenvalue weighted by atomic mass is 16.6. The number of rotatable bonds is 14. The predicted octanol–water partition coefficient (Wildman–Crippen LogP) is 5.20. The highest BCUT2D eigenvalue weighted by molar-refractivity contribution is 5.94. The van der Waals surface area contributed by atoms with Crippen LogP contribution in [0.3, 0.4) is 0 Å². The molecule has 6 heteroatoms. The van der Waals surface area contributed by atoms with Crippen LogP contribution >= 0.6 is 0 Å². The van der Waals surface area contributed by atoms with Crippen molar-refractivity contribution in [3.05, 3.63) is 24.3 Å². The lowest BCUT2D eigenvalue weighted by atomic mass is 9.99. The van der Waals surface area contributed by atoms with E-state index in [1.807, 2.05) is 13.8 Å². The highest BCUT2D eigenvalue weighted by Crippen LogP contribution is 2.20. The van der Waals surface area contributed by atoms with Gasteiger partial charge in [0.1, 0.15) is 30.0 Å². The van der Waals surface area contributed by atoms with Gasteiger partial charge in [0, 0.05) is 6.42 Å². The summed E-state index contributed by atoms with van der Waals surface area (Å²) in [6.45, 7) is 13.0. The monoisotopic (exact) mass is 410 g/mol. The molecule has 0 rings (SSSR count). The minimum Gasteiger partial charge on any atom is -0.481 e. The van der Waals surface area contributed by atoms with Crippen molar-refractivity contribution in [1.29, 1.82) is 0 Å². The largest absolute Gasteiger partial charge is 0.481 e. The first-order valence-corrected chi connectivity index (χ1v) is 10.2. The molecule has 0 saturated heterocycles. The topological polar surface area (TPSA) is 97.7 Å². The molecule has 0 radical (unpaired) electrons. The van der Waals surface area contributed by atoms with Crippen LogP contribution in [0.1, 0.15) is 92.4 Å². The summed E-state index contributed by atoms with van der Waals surface area (Å²) in [5.41, 5.74) is 0.532. The van der Waals surface area contributed by atoms with Gasteiger partial charge in [0.15, 0.2) is 0 Å². The van der Waals surface area contributed by atoms with Gasteiger partial charge in [-0.1, -0.05) is 44.4 Å². The van der Waals surface area contributed by atoms with Crippen molar-refractivity contribution in [1.82, 2.24) is 0 Å². The standard InChI is InChI=1S/C14H22O3.C9H16O3/c1-6-14(5,9-7-8-11(2)3)17-13(16)10-12(4)15;1-2-3-4-5-6-8(10)7-9(11)12/h6,8H,1,7,9-10H2,2-5H3;2-7H2,1H3,(H,11,12). The van der Waals surface area contributed by atoms with E-state index in [1.165, 1.54) is 12.5 Å². The molecule has 0 fully saturated rings. The van der Waals surface area contributed by atoms with Gasteiger partial charge in [-0.2, -0.15) is 0 Å². The Balaban J connectivity index is 0. The number of esters is 1. The maximum Gasteiger partial charge on any atom is 0.314 e. The Morgan fingerprint density at radius 1 is 1.03 bits per heavy atom. The molecule has 0 saturated carbocycles. The second-order valence-corrected chi connectivity index (χ2v) is 7.61. The van der Waals surface area contributed by atoms with Crippen LogP contribution in [0.2, 0.25) is 0 Å². The maximum atomic E-state index is 11.4. The molecule has 0 amide bonds. The summed E-state index contributed by atoms with van der Waals surface area (Å²) in [5, 5.41) is 8.27. The molecular weight excluding hydrogens is 372 g/mol. The first-order valence-electron chi connectivity index (χ1n) is 10.2. The summed E-state index contributed by atoms with van der Waals surface area (Å²) in [6.07, 6.45) is 9.24. The van der Waals surface area contributed by atoms with E-state index in [2.05, 4.69) is 19.6 Å². The summed E-state index contributed by atoms with van der Waals surface area (Å²) in [7, 11) is 0. The molecule has 0 aliphatic rings. The lowest BCUT2D eigenvalue weighted by molar-refractivity contribution is -0.155. The first-order chi connectivity index (χ1) is 13.5. The molecule has 0 aromatic heterocycles. The van der Waals surface area contributed by atoms with E-state index in [1.54, 1.807) is 13.0 Å². The third kappa shape index (κ3) is 20.3. The van der Waals surface area contributed by atoms with Crippen LogP contribution in [-0.2, 0) is 23.9 Å². The molecule has 0 aromatic carbocycles. The van der Waals surface area contributed by atoms with E-state index in [0.717, 1.165) is 32.1 Å². The van der Waals surface area contributed by atoms with Gasteiger partial charge in [-0.15, -0.1) is 0 Å². The Morgan fingerprint density at radius 3 is 2.10 bits per heavy atom. The summed E-state index contributed by atoms with van der Waals surface area (Å²) < 4.78 is 5.27. The van der Waals surface area contributed by atoms with Crippen molar-refractivity contribution < 1.29 is 29.0 Å². The van der Waals surface area contributed by atoms with Crippen LogP contribution < -0.4 is 0 Å². The van der Waals surface area contributed by atoms with Gasteiger partial charge in [0.05, 0.1) is 0 Å². The second kappa shape index (κ2) is 16.7. The van der Waals surface area contributed by atoms with Crippen LogP contribution in [-0.4, -0.2) is 34.2 Å². The van der Waals surface area contributed by atoms with Crippen molar-refractivity contribution in [2.45, 2.75) is 98.0 Å². The molecule has 0 heterocycles. The molecule has 0 spiro atoms. The van der Waals surface area contributed by atoms with Crippen LogP contribution in [0.4, 0.5) is 0 Å². The summed E-state index contributed by atoms with van der Waals surface area (Å²) in [4.78, 5) is 43.1. The molecule has 29 heavy (non-hydrogen) atoms. The van der Waals surface area contributed by atoms with E-state index in [4.69, 9.17) is 9.84 Å². The molecular formula is C23H38O6. The lowest BCUT2D eigenvalue weighted by Gasteiger charge is -2.25.